The third kappa shape index (κ3) is 4.63. The summed E-state index contributed by atoms with van der Waals surface area (Å²) in [5, 5.41) is 3.74. The molecule has 2 aromatic carbocycles. The molecule has 0 aliphatic rings. The highest BCUT2D eigenvalue weighted by Crippen LogP contribution is 2.31. The van der Waals surface area contributed by atoms with Crippen molar-refractivity contribution in [1.29, 1.82) is 0 Å². The average Bonchev–Trinajstić information content (AvgIpc) is 2.79. The van der Waals surface area contributed by atoms with Crippen LogP contribution >= 0.6 is 0 Å². The molecule has 0 bridgehead atoms. The molecular weight excluding hydrogens is 400 g/mol. The zero-order valence-corrected chi connectivity index (χ0v) is 17.4. The molecule has 8 nitrogen and oxygen atoms in total. The van der Waals surface area contributed by atoms with Crippen molar-refractivity contribution in [3.63, 3.8) is 0 Å². The molecule has 3 aromatic rings. The van der Waals surface area contributed by atoms with Crippen LogP contribution in [-0.2, 0) is 14.2 Å². The van der Waals surface area contributed by atoms with E-state index in [0.29, 0.717) is 27.8 Å². The molecule has 0 atom stereocenters. The van der Waals surface area contributed by atoms with Crippen molar-refractivity contribution >= 4 is 40.2 Å². The smallest absolute Gasteiger partial charge is 0.341 e. The van der Waals surface area contributed by atoms with Gasteiger partial charge in [0.1, 0.15) is 5.56 Å². The van der Waals surface area contributed by atoms with E-state index in [-0.39, 0.29) is 24.3 Å². The molecule has 1 N–H and O–H groups in total. The van der Waals surface area contributed by atoms with Crippen molar-refractivity contribution in [3.8, 4) is 0 Å². The van der Waals surface area contributed by atoms with Gasteiger partial charge in [-0.2, -0.15) is 0 Å². The van der Waals surface area contributed by atoms with E-state index in [9.17, 15) is 14.4 Å². The fraction of sp³-hybridized carbons (Fsp3) is 0.217. The Morgan fingerprint density at radius 2 is 1.55 bits per heavy atom. The first-order chi connectivity index (χ1) is 15.0. The largest absolute Gasteiger partial charge is 0.465 e. The van der Waals surface area contributed by atoms with Crippen molar-refractivity contribution in [1.82, 2.24) is 4.98 Å². The van der Waals surface area contributed by atoms with Crippen LogP contribution in [0.25, 0.3) is 10.9 Å². The van der Waals surface area contributed by atoms with Gasteiger partial charge in [0, 0.05) is 17.3 Å². The topological polar surface area (TPSA) is 104 Å². The Hall–Kier alpha value is -3.94. The molecule has 0 saturated carbocycles. The van der Waals surface area contributed by atoms with Crippen molar-refractivity contribution in [2.45, 2.75) is 13.8 Å². The molecular formula is C23H22N2O6. The highest BCUT2D eigenvalue weighted by molar-refractivity contribution is 6.11. The molecule has 31 heavy (non-hydrogen) atoms. The lowest BCUT2D eigenvalue weighted by molar-refractivity contribution is 0.0517. The summed E-state index contributed by atoms with van der Waals surface area (Å²) in [5.41, 5.74) is 2.33. The average molecular weight is 422 g/mol. The maximum absolute atomic E-state index is 12.5. The van der Waals surface area contributed by atoms with E-state index in [1.165, 1.54) is 13.3 Å². The number of para-hydroxylation sites is 1. The quantitative estimate of drug-likeness (QED) is 0.448. The van der Waals surface area contributed by atoms with Crippen LogP contribution in [0, 0.1) is 0 Å². The summed E-state index contributed by atoms with van der Waals surface area (Å²) in [7, 11) is 1.29. The van der Waals surface area contributed by atoms with E-state index < -0.39 is 17.9 Å². The minimum atomic E-state index is -0.550. The summed E-state index contributed by atoms with van der Waals surface area (Å²) in [6.07, 6.45) is 1.36. The standard InChI is InChI=1S/C23H22N2O6/c1-4-30-21(26)14-9-11-15(12-10-14)25-20-16-7-6-8-17(22(27)29-3)19(16)24-13-18(20)23(28)31-5-2/h6-13H,4-5H2,1-3H3,(H,24,25). The van der Waals surface area contributed by atoms with Crippen LogP contribution in [0.2, 0.25) is 0 Å². The molecule has 8 heteroatoms. The Morgan fingerprint density at radius 1 is 0.871 bits per heavy atom. The molecule has 1 heterocycles. The molecule has 0 spiro atoms. The van der Waals surface area contributed by atoms with Gasteiger partial charge in [-0.1, -0.05) is 12.1 Å². The molecule has 0 aliphatic carbocycles. The first kappa shape index (κ1) is 21.8. The maximum Gasteiger partial charge on any atom is 0.341 e. The molecule has 160 valence electrons. The fourth-order valence-corrected chi connectivity index (χ4v) is 3.04. The number of carbonyl (C=O) groups is 3. The van der Waals surface area contributed by atoms with E-state index in [4.69, 9.17) is 14.2 Å². The number of hydrogen-bond donors (Lipinski definition) is 1. The van der Waals surface area contributed by atoms with E-state index >= 15 is 0 Å². The molecule has 0 radical (unpaired) electrons. The van der Waals surface area contributed by atoms with E-state index in [1.807, 2.05) is 0 Å². The van der Waals surface area contributed by atoms with Gasteiger partial charge in [0.2, 0.25) is 0 Å². The number of rotatable bonds is 7. The Bertz CT molecular complexity index is 1120. The Balaban J connectivity index is 2.09. The lowest BCUT2D eigenvalue weighted by Crippen LogP contribution is -2.11. The number of ether oxygens (including phenoxy) is 3. The van der Waals surface area contributed by atoms with E-state index in [2.05, 4.69) is 10.3 Å². The first-order valence-corrected chi connectivity index (χ1v) is 9.71. The fourth-order valence-electron chi connectivity index (χ4n) is 3.04. The summed E-state index contributed by atoms with van der Waals surface area (Å²) >= 11 is 0. The minimum absolute atomic E-state index is 0.201. The normalized spacial score (nSPS) is 10.4. The van der Waals surface area contributed by atoms with E-state index in [0.717, 1.165) is 0 Å². The number of aromatic nitrogens is 1. The van der Waals surface area contributed by atoms with Crippen LogP contribution in [-0.4, -0.2) is 43.2 Å². The van der Waals surface area contributed by atoms with Crippen molar-refractivity contribution in [2.24, 2.45) is 0 Å². The number of anilines is 2. The van der Waals surface area contributed by atoms with Gasteiger partial charge in [0.15, 0.2) is 0 Å². The molecule has 0 saturated heterocycles. The predicted molar refractivity (Wildman–Crippen MR) is 115 cm³/mol. The second-order valence-electron chi connectivity index (χ2n) is 6.38. The van der Waals surface area contributed by atoms with Gasteiger partial charge in [-0.15, -0.1) is 0 Å². The number of fused-ring (bicyclic) bond motifs is 1. The number of nitrogens with zero attached hydrogens (tertiary/aromatic N) is 1. The van der Waals surface area contributed by atoms with Crippen LogP contribution < -0.4 is 5.32 Å². The number of methoxy groups -OCH3 is 1. The third-order valence-electron chi connectivity index (χ3n) is 4.46. The second-order valence-corrected chi connectivity index (χ2v) is 6.38. The zero-order valence-electron chi connectivity index (χ0n) is 17.4. The molecule has 0 unspecified atom stereocenters. The maximum atomic E-state index is 12.5. The van der Waals surface area contributed by atoms with Gasteiger partial charge >= 0.3 is 17.9 Å². The number of pyridine rings is 1. The Kier molecular flexibility index (Phi) is 6.81. The van der Waals surface area contributed by atoms with Crippen LogP contribution in [0.3, 0.4) is 0 Å². The van der Waals surface area contributed by atoms with Crippen LogP contribution in [0.15, 0.2) is 48.7 Å². The van der Waals surface area contributed by atoms with Crippen LogP contribution in [0.5, 0.6) is 0 Å². The molecule has 3 rings (SSSR count). The van der Waals surface area contributed by atoms with Gasteiger partial charge in [-0.25, -0.2) is 14.4 Å². The van der Waals surface area contributed by atoms with Crippen LogP contribution in [0.1, 0.15) is 44.9 Å². The Labute approximate surface area is 179 Å². The minimum Gasteiger partial charge on any atom is -0.465 e. The van der Waals surface area contributed by atoms with Gasteiger partial charge < -0.3 is 19.5 Å². The molecule has 0 amide bonds. The lowest BCUT2D eigenvalue weighted by atomic mass is 10.0. The van der Waals surface area contributed by atoms with Crippen molar-refractivity contribution in [3.05, 3.63) is 65.4 Å². The highest BCUT2D eigenvalue weighted by atomic mass is 16.5. The second kappa shape index (κ2) is 9.71. The monoisotopic (exact) mass is 422 g/mol. The number of hydrogen-bond acceptors (Lipinski definition) is 8. The van der Waals surface area contributed by atoms with Gasteiger partial charge in [0.05, 0.1) is 42.7 Å². The zero-order chi connectivity index (χ0) is 22.4. The van der Waals surface area contributed by atoms with Gasteiger partial charge in [-0.3, -0.25) is 4.98 Å². The predicted octanol–water partition coefficient (Wildman–Crippen LogP) is 4.12. The summed E-state index contributed by atoms with van der Waals surface area (Å²) in [4.78, 5) is 40.9. The SMILES string of the molecule is CCOC(=O)c1ccc(Nc2c(C(=O)OCC)cnc3c(C(=O)OC)cccc23)cc1. The Morgan fingerprint density at radius 3 is 2.19 bits per heavy atom. The number of carbonyl (C=O) groups excluding carboxylic acids is 3. The van der Waals surface area contributed by atoms with Gasteiger partial charge in [0.25, 0.3) is 0 Å². The molecule has 0 aliphatic heterocycles. The highest BCUT2D eigenvalue weighted by Gasteiger charge is 2.20. The summed E-state index contributed by atoms with van der Waals surface area (Å²) < 4.78 is 15.0. The van der Waals surface area contributed by atoms with Crippen LogP contribution in [0.4, 0.5) is 11.4 Å². The van der Waals surface area contributed by atoms with Crippen molar-refractivity contribution in [2.75, 3.05) is 25.6 Å². The van der Waals surface area contributed by atoms with Crippen molar-refractivity contribution < 1.29 is 28.6 Å². The number of benzene rings is 2. The summed E-state index contributed by atoms with van der Waals surface area (Å²) in [6, 6.07) is 11.6. The number of esters is 3. The summed E-state index contributed by atoms with van der Waals surface area (Å²) in [6.45, 7) is 3.94. The van der Waals surface area contributed by atoms with Gasteiger partial charge in [-0.05, 0) is 44.2 Å². The lowest BCUT2D eigenvalue weighted by Gasteiger charge is -2.15. The summed E-state index contributed by atoms with van der Waals surface area (Å²) in [5.74, 6) is -1.50. The molecule has 0 fully saturated rings. The van der Waals surface area contributed by atoms with E-state index in [1.54, 1.807) is 56.3 Å². The number of nitrogens with one attached hydrogen (secondary N) is 1. The third-order valence-corrected chi connectivity index (χ3v) is 4.46. The molecule has 1 aromatic heterocycles. The first-order valence-electron chi connectivity index (χ1n) is 9.71.